The van der Waals surface area contributed by atoms with Crippen molar-refractivity contribution in [2.45, 2.75) is 32.7 Å². The molecule has 0 unspecified atom stereocenters. The minimum Gasteiger partial charge on any atom is -0.350 e. The minimum atomic E-state index is -0.0427. The first-order valence-corrected chi connectivity index (χ1v) is 8.51. The van der Waals surface area contributed by atoms with Crippen molar-refractivity contribution in [3.8, 4) is 11.4 Å². The Balaban J connectivity index is 1.79. The highest BCUT2D eigenvalue weighted by molar-refractivity contribution is 6.31. The molecule has 3 rings (SSSR count). The van der Waals surface area contributed by atoms with Gasteiger partial charge < -0.3 is 10.3 Å². The van der Waals surface area contributed by atoms with Crippen molar-refractivity contribution in [3.63, 3.8) is 0 Å². The van der Waals surface area contributed by atoms with E-state index in [0.29, 0.717) is 10.6 Å². The summed E-state index contributed by atoms with van der Waals surface area (Å²) in [4.78, 5) is 20.0. The minimum absolute atomic E-state index is 0.0427. The number of hydrogen-bond donors (Lipinski definition) is 2. The Morgan fingerprint density at radius 1 is 1.25 bits per heavy atom. The maximum atomic E-state index is 12.2. The molecule has 3 aromatic rings. The van der Waals surface area contributed by atoms with E-state index in [1.165, 1.54) is 0 Å². The molecule has 0 saturated heterocycles. The van der Waals surface area contributed by atoms with Crippen molar-refractivity contribution in [2.75, 3.05) is 0 Å². The summed E-state index contributed by atoms with van der Waals surface area (Å²) < 4.78 is 0. The third kappa shape index (κ3) is 3.60. The molecule has 2 N–H and O–H groups in total. The van der Waals surface area contributed by atoms with Gasteiger partial charge in [-0.15, -0.1) is 0 Å². The van der Waals surface area contributed by atoms with Gasteiger partial charge in [-0.2, -0.15) is 0 Å². The zero-order chi connectivity index (χ0) is 17.1. The molecule has 0 bridgehead atoms. The second-order valence-corrected chi connectivity index (χ2v) is 6.42. The first-order chi connectivity index (χ1) is 11.6. The van der Waals surface area contributed by atoms with Crippen molar-refractivity contribution in [2.24, 2.45) is 0 Å². The molecule has 1 aromatic heterocycles. The summed E-state index contributed by atoms with van der Waals surface area (Å²) in [6, 6.07) is 13.2. The van der Waals surface area contributed by atoms with Gasteiger partial charge in [0.05, 0.1) is 11.0 Å². The standard InChI is InChI=1S/C19H20ClN3O/c1-3-4-12(2)21-19(24)14-7-5-13(6-8-14)18-22-16-10-9-15(20)11-17(16)23-18/h5-12H,3-4H2,1-2H3,(H,21,24)(H,22,23)/t12-/m1/s1. The van der Waals surface area contributed by atoms with Gasteiger partial charge in [-0.25, -0.2) is 4.98 Å². The van der Waals surface area contributed by atoms with E-state index in [9.17, 15) is 4.79 Å². The molecule has 0 saturated carbocycles. The molecule has 1 atom stereocenters. The van der Waals surface area contributed by atoms with Crippen LogP contribution in [0.15, 0.2) is 42.5 Å². The van der Waals surface area contributed by atoms with Gasteiger partial charge in [0, 0.05) is 22.2 Å². The number of benzene rings is 2. The lowest BCUT2D eigenvalue weighted by atomic mass is 10.1. The zero-order valence-corrected chi connectivity index (χ0v) is 14.5. The van der Waals surface area contributed by atoms with E-state index in [-0.39, 0.29) is 11.9 Å². The van der Waals surface area contributed by atoms with Crippen LogP contribution in [0.5, 0.6) is 0 Å². The van der Waals surface area contributed by atoms with Gasteiger partial charge in [0.25, 0.3) is 5.91 Å². The molecule has 0 aliphatic carbocycles. The van der Waals surface area contributed by atoms with Crippen LogP contribution < -0.4 is 5.32 Å². The highest BCUT2D eigenvalue weighted by atomic mass is 35.5. The van der Waals surface area contributed by atoms with Crippen LogP contribution in [-0.2, 0) is 0 Å². The molecular weight excluding hydrogens is 322 g/mol. The van der Waals surface area contributed by atoms with Gasteiger partial charge in [0.15, 0.2) is 0 Å². The molecule has 0 spiro atoms. The van der Waals surface area contributed by atoms with E-state index in [1.807, 2.05) is 49.4 Å². The Kier molecular flexibility index (Phi) is 4.86. The van der Waals surface area contributed by atoms with E-state index < -0.39 is 0 Å². The number of nitrogens with zero attached hydrogens (tertiary/aromatic N) is 1. The number of fused-ring (bicyclic) bond motifs is 1. The van der Waals surface area contributed by atoms with E-state index in [2.05, 4.69) is 22.2 Å². The van der Waals surface area contributed by atoms with Gasteiger partial charge in [-0.1, -0.05) is 37.1 Å². The molecule has 1 amide bonds. The summed E-state index contributed by atoms with van der Waals surface area (Å²) in [7, 11) is 0. The van der Waals surface area contributed by atoms with Gasteiger partial charge in [-0.3, -0.25) is 4.79 Å². The van der Waals surface area contributed by atoms with E-state index >= 15 is 0 Å². The third-order valence-corrected chi connectivity index (χ3v) is 4.20. The number of imidazole rings is 1. The molecular formula is C19H20ClN3O. The number of carbonyl (C=O) groups excluding carboxylic acids is 1. The lowest BCUT2D eigenvalue weighted by Gasteiger charge is -2.12. The van der Waals surface area contributed by atoms with Crippen LogP contribution in [0.2, 0.25) is 5.02 Å². The van der Waals surface area contributed by atoms with Gasteiger partial charge in [0.2, 0.25) is 0 Å². The van der Waals surface area contributed by atoms with Crippen LogP contribution in [0.3, 0.4) is 0 Å². The SMILES string of the molecule is CCC[C@@H](C)NC(=O)c1ccc(-c2nc3ccc(Cl)cc3[nH]2)cc1. The molecule has 4 nitrogen and oxygen atoms in total. The molecule has 1 heterocycles. The quantitative estimate of drug-likeness (QED) is 0.700. The van der Waals surface area contributed by atoms with Crippen molar-refractivity contribution < 1.29 is 4.79 Å². The molecule has 2 aromatic carbocycles. The Hall–Kier alpha value is -2.33. The first-order valence-electron chi connectivity index (χ1n) is 8.13. The molecule has 0 aliphatic rings. The van der Waals surface area contributed by atoms with Crippen molar-refractivity contribution in [1.29, 1.82) is 0 Å². The number of hydrogen-bond acceptors (Lipinski definition) is 2. The van der Waals surface area contributed by atoms with Crippen molar-refractivity contribution in [3.05, 3.63) is 53.1 Å². The smallest absolute Gasteiger partial charge is 0.251 e. The topological polar surface area (TPSA) is 57.8 Å². The van der Waals surface area contributed by atoms with E-state index in [4.69, 9.17) is 11.6 Å². The fraction of sp³-hybridized carbons (Fsp3) is 0.263. The number of aromatic amines is 1. The van der Waals surface area contributed by atoms with Crippen molar-refractivity contribution in [1.82, 2.24) is 15.3 Å². The normalized spacial score (nSPS) is 12.3. The zero-order valence-electron chi connectivity index (χ0n) is 13.8. The van der Waals surface area contributed by atoms with Crippen LogP contribution in [0, 0.1) is 0 Å². The van der Waals surface area contributed by atoms with Crippen molar-refractivity contribution >= 4 is 28.5 Å². The number of aromatic nitrogens is 2. The Morgan fingerprint density at radius 3 is 2.71 bits per heavy atom. The van der Waals surface area contributed by atoms with Gasteiger partial charge >= 0.3 is 0 Å². The molecule has 124 valence electrons. The van der Waals surface area contributed by atoms with E-state index in [0.717, 1.165) is 35.3 Å². The van der Waals surface area contributed by atoms with Gasteiger partial charge in [-0.05, 0) is 43.7 Å². The summed E-state index contributed by atoms with van der Waals surface area (Å²) in [6.45, 7) is 4.13. The van der Waals surface area contributed by atoms with Crippen LogP contribution >= 0.6 is 11.6 Å². The lowest BCUT2D eigenvalue weighted by Crippen LogP contribution is -2.32. The number of nitrogens with one attached hydrogen (secondary N) is 2. The number of carbonyl (C=O) groups is 1. The molecule has 0 aliphatic heterocycles. The summed E-state index contributed by atoms with van der Waals surface area (Å²) in [6.07, 6.45) is 2.03. The summed E-state index contributed by atoms with van der Waals surface area (Å²) >= 11 is 6.00. The van der Waals surface area contributed by atoms with Crippen LogP contribution in [-0.4, -0.2) is 21.9 Å². The Labute approximate surface area is 146 Å². The highest BCUT2D eigenvalue weighted by Crippen LogP contribution is 2.23. The first kappa shape index (κ1) is 16.5. The van der Waals surface area contributed by atoms with Crippen LogP contribution in [0.4, 0.5) is 0 Å². The Bertz CT molecular complexity index is 855. The lowest BCUT2D eigenvalue weighted by molar-refractivity contribution is 0.0938. The van der Waals surface area contributed by atoms with E-state index in [1.54, 1.807) is 0 Å². The average Bonchev–Trinajstić information content (AvgIpc) is 2.98. The summed E-state index contributed by atoms with van der Waals surface area (Å²) in [5.41, 5.74) is 3.35. The molecule has 0 radical (unpaired) electrons. The third-order valence-electron chi connectivity index (χ3n) is 3.96. The predicted octanol–water partition coefficient (Wildman–Crippen LogP) is 4.80. The van der Waals surface area contributed by atoms with Crippen LogP contribution in [0.25, 0.3) is 22.4 Å². The summed E-state index contributed by atoms with van der Waals surface area (Å²) in [5, 5.41) is 3.68. The molecule has 0 fully saturated rings. The van der Waals surface area contributed by atoms with Gasteiger partial charge in [0.1, 0.15) is 5.82 Å². The number of rotatable bonds is 5. The highest BCUT2D eigenvalue weighted by Gasteiger charge is 2.10. The second kappa shape index (κ2) is 7.05. The maximum Gasteiger partial charge on any atom is 0.251 e. The fourth-order valence-corrected chi connectivity index (χ4v) is 2.88. The second-order valence-electron chi connectivity index (χ2n) is 5.99. The largest absolute Gasteiger partial charge is 0.350 e. The maximum absolute atomic E-state index is 12.2. The predicted molar refractivity (Wildman–Crippen MR) is 98.4 cm³/mol. The number of H-pyrrole nitrogens is 1. The fourth-order valence-electron chi connectivity index (χ4n) is 2.71. The summed E-state index contributed by atoms with van der Waals surface area (Å²) in [5.74, 6) is 0.720. The van der Waals surface area contributed by atoms with Crippen LogP contribution in [0.1, 0.15) is 37.0 Å². The number of amides is 1. The number of halogens is 1. The average molecular weight is 342 g/mol. The molecule has 24 heavy (non-hydrogen) atoms. The monoisotopic (exact) mass is 341 g/mol. The molecule has 5 heteroatoms. The Morgan fingerprint density at radius 2 is 2.00 bits per heavy atom.